The molecule has 42 heavy (non-hydrogen) atoms. The summed E-state index contributed by atoms with van der Waals surface area (Å²) in [5.74, 6) is 0.785. The number of carbonyl (C=O) groups excluding carboxylic acids is 1. The fourth-order valence-electron chi connectivity index (χ4n) is 4.95. The van der Waals surface area contributed by atoms with Crippen LogP contribution in [-0.2, 0) is 26.9 Å². The number of nitrogens with zero attached hydrogens (tertiary/aromatic N) is 1. The fourth-order valence-corrected chi connectivity index (χ4v) is 5.43. The first kappa shape index (κ1) is 35.9. The van der Waals surface area contributed by atoms with Gasteiger partial charge in [0, 0.05) is 25.7 Å². The van der Waals surface area contributed by atoms with Crippen molar-refractivity contribution in [2.45, 2.75) is 116 Å². The monoisotopic (exact) mass is 599 g/mol. The average molecular weight is 600 g/mol. The standard InChI is InChI=1S/C35H54NO5P/c1-3-4-5-6-7-8-9-10-11-12-13-14-15-16-17-21-34(37)28-32(29-41-42(2,38)39)27-31-22-24-35(25-23-31)40-30-33-20-18-19-26-36-33/h10-11,18-20,22-26,32H,3-9,12-17,21,27-30H2,1-2H3,(H,38,39)/b11-10-/t32-/m1/s1. The zero-order chi connectivity index (χ0) is 30.3. The molecule has 0 fully saturated rings. The lowest BCUT2D eigenvalue weighted by atomic mass is 9.93. The van der Waals surface area contributed by atoms with Gasteiger partial charge >= 0.3 is 7.60 Å². The number of hydrogen-bond donors (Lipinski definition) is 1. The van der Waals surface area contributed by atoms with E-state index in [-0.39, 0.29) is 18.3 Å². The van der Waals surface area contributed by atoms with Gasteiger partial charge < -0.3 is 14.2 Å². The van der Waals surface area contributed by atoms with Gasteiger partial charge in [0.1, 0.15) is 18.1 Å². The minimum atomic E-state index is -3.61. The Morgan fingerprint density at radius 1 is 0.905 bits per heavy atom. The van der Waals surface area contributed by atoms with Gasteiger partial charge in [-0.15, -0.1) is 0 Å². The van der Waals surface area contributed by atoms with Crippen LogP contribution in [0.1, 0.15) is 114 Å². The van der Waals surface area contributed by atoms with Crippen molar-refractivity contribution in [1.82, 2.24) is 4.98 Å². The Kier molecular flexibility index (Phi) is 19.1. The zero-order valence-corrected chi connectivity index (χ0v) is 26.9. The Morgan fingerprint density at radius 2 is 1.55 bits per heavy atom. The number of carbonyl (C=O) groups is 1. The number of rotatable bonds is 25. The van der Waals surface area contributed by atoms with E-state index in [9.17, 15) is 14.3 Å². The molecule has 2 atom stereocenters. The number of Topliss-reactive ketones (excluding diaryl/α,β-unsaturated/α-hetero) is 1. The van der Waals surface area contributed by atoms with Crippen molar-refractivity contribution in [2.24, 2.45) is 5.92 Å². The van der Waals surface area contributed by atoms with Gasteiger partial charge in [0.2, 0.25) is 0 Å². The van der Waals surface area contributed by atoms with E-state index >= 15 is 0 Å². The third kappa shape index (κ3) is 19.0. The topological polar surface area (TPSA) is 85.7 Å². The van der Waals surface area contributed by atoms with Gasteiger partial charge in [0.25, 0.3) is 0 Å². The van der Waals surface area contributed by atoms with Crippen LogP contribution in [0.15, 0.2) is 60.8 Å². The number of aromatic nitrogens is 1. The van der Waals surface area contributed by atoms with Crippen LogP contribution in [0, 0.1) is 5.92 Å². The summed E-state index contributed by atoms with van der Waals surface area (Å²) >= 11 is 0. The van der Waals surface area contributed by atoms with Gasteiger partial charge in [-0.3, -0.25) is 14.3 Å². The van der Waals surface area contributed by atoms with Crippen LogP contribution in [0.2, 0.25) is 0 Å². The van der Waals surface area contributed by atoms with Gasteiger partial charge in [-0.05, 0) is 74.3 Å². The normalized spacial score (nSPS) is 13.7. The lowest BCUT2D eigenvalue weighted by molar-refractivity contribution is -0.120. The second kappa shape index (κ2) is 22.3. The van der Waals surface area contributed by atoms with Crippen LogP contribution in [-0.4, -0.2) is 28.9 Å². The number of hydrogen-bond acceptors (Lipinski definition) is 5. The maximum Gasteiger partial charge on any atom is 0.325 e. The number of allylic oxidation sites excluding steroid dienone is 2. The quantitative estimate of drug-likeness (QED) is 0.0695. The first-order chi connectivity index (χ1) is 20.4. The van der Waals surface area contributed by atoms with Crippen molar-refractivity contribution < 1.29 is 23.5 Å². The van der Waals surface area contributed by atoms with Crippen LogP contribution in [0.25, 0.3) is 0 Å². The smallest absolute Gasteiger partial charge is 0.325 e. The second-order valence-corrected chi connectivity index (χ2v) is 13.4. The van der Waals surface area contributed by atoms with E-state index in [1.54, 1.807) is 6.20 Å². The van der Waals surface area contributed by atoms with Gasteiger partial charge in [-0.25, -0.2) is 0 Å². The van der Waals surface area contributed by atoms with E-state index in [1.165, 1.54) is 64.5 Å². The Labute approximate surface area is 254 Å². The van der Waals surface area contributed by atoms with Crippen LogP contribution in [0.5, 0.6) is 5.75 Å². The molecule has 0 amide bonds. The van der Waals surface area contributed by atoms with Crippen molar-refractivity contribution in [2.75, 3.05) is 13.3 Å². The highest BCUT2D eigenvalue weighted by Crippen LogP contribution is 2.37. The molecule has 0 radical (unpaired) electrons. The molecule has 0 aliphatic carbocycles. The van der Waals surface area contributed by atoms with E-state index in [4.69, 9.17) is 9.26 Å². The average Bonchev–Trinajstić information content (AvgIpc) is 2.97. The summed E-state index contributed by atoms with van der Waals surface area (Å²) in [7, 11) is -3.61. The molecule has 1 aromatic heterocycles. The number of ether oxygens (including phenoxy) is 1. The zero-order valence-electron chi connectivity index (χ0n) is 26.1. The highest BCUT2D eigenvalue weighted by Gasteiger charge is 2.19. The van der Waals surface area contributed by atoms with E-state index in [0.717, 1.165) is 42.7 Å². The second-order valence-electron chi connectivity index (χ2n) is 11.5. The van der Waals surface area contributed by atoms with Crippen molar-refractivity contribution in [3.63, 3.8) is 0 Å². The molecule has 0 aliphatic rings. The highest BCUT2D eigenvalue weighted by molar-refractivity contribution is 7.51. The third-order valence-corrected chi connectivity index (χ3v) is 7.97. The fraction of sp³-hybridized carbons (Fsp3) is 0.600. The molecule has 1 aromatic carbocycles. The molecule has 0 saturated carbocycles. The molecular formula is C35H54NO5P. The highest BCUT2D eigenvalue weighted by atomic mass is 31.2. The first-order valence-electron chi connectivity index (χ1n) is 16.1. The minimum absolute atomic E-state index is 0.0837. The van der Waals surface area contributed by atoms with Crippen LogP contribution in [0.4, 0.5) is 0 Å². The lowest BCUT2D eigenvalue weighted by Crippen LogP contribution is -2.17. The van der Waals surface area contributed by atoms with E-state index < -0.39 is 7.60 Å². The first-order valence-corrected chi connectivity index (χ1v) is 18.1. The van der Waals surface area contributed by atoms with E-state index in [0.29, 0.717) is 25.9 Å². The number of ketones is 1. The number of unbranched alkanes of at least 4 members (excludes halogenated alkanes) is 11. The molecule has 0 spiro atoms. The molecule has 0 bridgehead atoms. The van der Waals surface area contributed by atoms with E-state index in [1.807, 2.05) is 42.5 Å². The van der Waals surface area contributed by atoms with Gasteiger partial charge in [-0.2, -0.15) is 0 Å². The summed E-state index contributed by atoms with van der Waals surface area (Å²) in [4.78, 5) is 26.6. The van der Waals surface area contributed by atoms with Crippen molar-refractivity contribution in [3.05, 3.63) is 72.1 Å². The molecule has 2 aromatic rings. The Balaban J connectivity index is 1.63. The van der Waals surface area contributed by atoms with Crippen LogP contribution >= 0.6 is 7.60 Å². The molecule has 0 aliphatic heterocycles. The molecule has 1 unspecified atom stereocenters. The summed E-state index contributed by atoms with van der Waals surface area (Å²) in [5.41, 5.74) is 1.89. The Bertz CT molecular complexity index is 1040. The molecule has 234 valence electrons. The number of benzene rings is 1. The summed E-state index contributed by atoms with van der Waals surface area (Å²) in [5, 5.41) is 0. The van der Waals surface area contributed by atoms with Crippen molar-refractivity contribution >= 4 is 13.4 Å². The van der Waals surface area contributed by atoms with Gasteiger partial charge in [0.05, 0.1) is 12.3 Å². The molecule has 6 nitrogen and oxygen atoms in total. The molecular weight excluding hydrogens is 545 g/mol. The van der Waals surface area contributed by atoms with Crippen molar-refractivity contribution in [3.8, 4) is 5.75 Å². The van der Waals surface area contributed by atoms with Gasteiger partial charge in [-0.1, -0.05) is 88.6 Å². The molecule has 2 rings (SSSR count). The van der Waals surface area contributed by atoms with E-state index in [2.05, 4.69) is 24.1 Å². The maximum atomic E-state index is 12.8. The summed E-state index contributed by atoms with van der Waals surface area (Å²) in [6, 6.07) is 13.5. The molecule has 1 N–H and O–H groups in total. The summed E-state index contributed by atoms with van der Waals surface area (Å²) in [6.45, 7) is 3.92. The van der Waals surface area contributed by atoms with Crippen LogP contribution in [0.3, 0.4) is 0 Å². The SMILES string of the molecule is CCCCCCCC/C=C\CCCCCCCC(=O)C[C@H](COP(C)(=O)O)Cc1ccc(OCc2ccccn2)cc1. The minimum Gasteiger partial charge on any atom is -0.487 e. The summed E-state index contributed by atoms with van der Waals surface area (Å²) < 4.78 is 22.8. The Hall–Kier alpha value is -2.27. The maximum absolute atomic E-state index is 12.8. The number of pyridine rings is 1. The van der Waals surface area contributed by atoms with Crippen LogP contribution < -0.4 is 4.74 Å². The predicted molar refractivity (Wildman–Crippen MR) is 173 cm³/mol. The third-order valence-electron chi connectivity index (χ3n) is 7.34. The molecule has 7 heteroatoms. The summed E-state index contributed by atoms with van der Waals surface area (Å²) in [6.07, 6.45) is 23.9. The molecule has 0 saturated heterocycles. The largest absolute Gasteiger partial charge is 0.487 e. The van der Waals surface area contributed by atoms with Crippen molar-refractivity contribution in [1.29, 1.82) is 0 Å². The Morgan fingerprint density at radius 3 is 2.17 bits per heavy atom. The molecule has 1 heterocycles. The van der Waals surface area contributed by atoms with Gasteiger partial charge in [0.15, 0.2) is 0 Å². The predicted octanol–water partition coefficient (Wildman–Crippen LogP) is 9.65. The lowest BCUT2D eigenvalue weighted by Gasteiger charge is -2.18.